The fourth-order valence-electron chi connectivity index (χ4n) is 1.98. The molecular formula is C10H8N2O5S. The van der Waals surface area contributed by atoms with Crippen molar-refractivity contribution in [1.29, 1.82) is 0 Å². The van der Waals surface area contributed by atoms with Crippen molar-refractivity contribution in [3.05, 3.63) is 11.3 Å². The molecule has 0 aromatic heterocycles. The highest BCUT2D eigenvalue weighted by atomic mass is 32.2. The Labute approximate surface area is 104 Å². The van der Waals surface area contributed by atoms with Crippen LogP contribution in [0.2, 0.25) is 0 Å². The monoisotopic (exact) mass is 268 g/mol. The highest BCUT2D eigenvalue weighted by Crippen LogP contribution is 2.34. The average molecular weight is 268 g/mol. The zero-order valence-electron chi connectivity index (χ0n) is 8.95. The van der Waals surface area contributed by atoms with E-state index >= 15 is 0 Å². The number of carbonyl (C=O) groups excluding carboxylic acids is 2. The minimum atomic E-state index is -1.53. The Balaban J connectivity index is 2.45. The molecule has 2 aliphatic heterocycles. The number of hydrogen-bond donors (Lipinski definition) is 2. The van der Waals surface area contributed by atoms with Crippen molar-refractivity contribution in [2.45, 2.75) is 11.4 Å². The Morgan fingerprint density at radius 1 is 1.67 bits per heavy atom. The molecule has 8 heteroatoms. The number of hydrogen-bond acceptors (Lipinski definition) is 4. The first-order chi connectivity index (χ1) is 8.52. The quantitative estimate of drug-likeness (QED) is 0.350. The van der Waals surface area contributed by atoms with E-state index in [1.54, 1.807) is 0 Å². The molecule has 2 rings (SSSR count). The second-order valence-corrected chi connectivity index (χ2v) is 5.20. The lowest BCUT2D eigenvalue weighted by Gasteiger charge is -2.48. The van der Waals surface area contributed by atoms with Crippen LogP contribution in [0.4, 0.5) is 0 Å². The molecule has 0 radical (unpaired) electrons. The summed E-state index contributed by atoms with van der Waals surface area (Å²) in [6.07, 6.45) is 5.47. The number of rotatable bonds is 3. The zero-order valence-corrected chi connectivity index (χ0v) is 9.77. The standard InChI is InChI=1S/C10H8N2O5S/c1-2-5-3-18(17)9-6(11-4-13)8(14)12(9)7(5)10(15)16/h1,4,6,9H,3H2,(H,11,13)(H,15,16)/t6?,9-,18?/m0/s1. The van der Waals surface area contributed by atoms with E-state index in [4.69, 9.17) is 11.5 Å². The largest absolute Gasteiger partial charge is 0.477 e. The van der Waals surface area contributed by atoms with Gasteiger partial charge in [0.05, 0.1) is 16.6 Å². The summed E-state index contributed by atoms with van der Waals surface area (Å²) in [5.74, 6) is 0.0674. The van der Waals surface area contributed by atoms with E-state index in [0.717, 1.165) is 4.90 Å². The van der Waals surface area contributed by atoms with Gasteiger partial charge in [0.25, 0.3) is 5.91 Å². The van der Waals surface area contributed by atoms with Crippen LogP contribution in [0.25, 0.3) is 0 Å². The minimum absolute atomic E-state index is 0.0231. The number of aliphatic carboxylic acids is 1. The Morgan fingerprint density at radius 3 is 2.83 bits per heavy atom. The van der Waals surface area contributed by atoms with Crippen molar-refractivity contribution in [3.8, 4) is 12.3 Å². The van der Waals surface area contributed by atoms with Gasteiger partial charge in [-0.25, -0.2) is 4.79 Å². The number of nitrogens with one attached hydrogen (secondary N) is 1. The molecule has 0 saturated carbocycles. The summed E-state index contributed by atoms with van der Waals surface area (Å²) in [5, 5.41) is 10.4. The summed E-state index contributed by atoms with van der Waals surface area (Å²) < 4.78 is 11.9. The van der Waals surface area contributed by atoms with Gasteiger partial charge in [0.2, 0.25) is 6.41 Å². The Bertz CT molecular complexity index is 547. The van der Waals surface area contributed by atoms with E-state index in [1.807, 2.05) is 0 Å². The molecule has 1 fully saturated rings. The van der Waals surface area contributed by atoms with Gasteiger partial charge in [-0.3, -0.25) is 18.7 Å². The van der Waals surface area contributed by atoms with Gasteiger partial charge in [-0.05, 0) is 0 Å². The smallest absolute Gasteiger partial charge is 0.353 e. The molecule has 0 bridgehead atoms. The molecule has 7 nitrogen and oxygen atoms in total. The molecule has 18 heavy (non-hydrogen) atoms. The molecule has 94 valence electrons. The van der Waals surface area contributed by atoms with Crippen LogP contribution in [0, 0.1) is 12.3 Å². The Hall–Kier alpha value is -2.14. The third-order valence-corrected chi connectivity index (χ3v) is 4.35. The van der Waals surface area contributed by atoms with E-state index in [9.17, 15) is 18.6 Å². The number of amides is 2. The summed E-state index contributed by atoms with van der Waals surface area (Å²) in [6.45, 7) is 0. The highest BCUT2D eigenvalue weighted by molar-refractivity contribution is 7.86. The van der Waals surface area contributed by atoms with Crippen molar-refractivity contribution < 1.29 is 23.7 Å². The Kier molecular flexibility index (Phi) is 2.92. The van der Waals surface area contributed by atoms with Crippen LogP contribution in [0.1, 0.15) is 0 Å². The number of nitrogens with zero attached hydrogens (tertiary/aromatic N) is 1. The van der Waals surface area contributed by atoms with Gasteiger partial charge in [-0.1, -0.05) is 5.92 Å². The van der Waals surface area contributed by atoms with Gasteiger partial charge in [-0.2, -0.15) is 0 Å². The fraction of sp³-hybridized carbons (Fsp3) is 0.300. The molecule has 3 atom stereocenters. The molecule has 2 N–H and O–H groups in total. The maximum atomic E-state index is 11.9. The van der Waals surface area contributed by atoms with Crippen LogP contribution in [0.5, 0.6) is 0 Å². The molecule has 0 aliphatic carbocycles. The van der Waals surface area contributed by atoms with E-state index in [0.29, 0.717) is 6.41 Å². The Morgan fingerprint density at radius 2 is 2.33 bits per heavy atom. The SMILES string of the molecule is C#CC1=C(C(=O)O)N2C(=O)C(NC=O)[C@@H]2S(=O)C1. The fourth-order valence-corrected chi connectivity index (χ4v) is 3.60. The van der Waals surface area contributed by atoms with E-state index < -0.39 is 34.1 Å². The lowest BCUT2D eigenvalue weighted by atomic mass is 10.0. The second-order valence-electron chi connectivity index (χ2n) is 3.66. The zero-order chi connectivity index (χ0) is 13.4. The van der Waals surface area contributed by atoms with Crippen LogP contribution < -0.4 is 5.32 Å². The minimum Gasteiger partial charge on any atom is -0.477 e. The van der Waals surface area contributed by atoms with Crippen LogP contribution in [0.15, 0.2) is 11.3 Å². The van der Waals surface area contributed by atoms with E-state index in [-0.39, 0.29) is 17.0 Å². The molecule has 0 aromatic carbocycles. The first-order valence-electron chi connectivity index (χ1n) is 4.86. The number of fused-ring (bicyclic) bond motifs is 1. The van der Waals surface area contributed by atoms with Gasteiger partial charge in [0.15, 0.2) is 0 Å². The van der Waals surface area contributed by atoms with Crippen LogP contribution in [-0.4, -0.2) is 49.7 Å². The number of carboxylic acids is 1. The average Bonchev–Trinajstić information content (AvgIpc) is 2.34. The number of carbonyl (C=O) groups is 3. The molecule has 0 spiro atoms. The maximum absolute atomic E-state index is 11.9. The molecular weight excluding hydrogens is 260 g/mol. The van der Waals surface area contributed by atoms with Crippen LogP contribution in [0.3, 0.4) is 0 Å². The first kappa shape index (κ1) is 12.3. The summed E-state index contributed by atoms with van der Waals surface area (Å²) in [4.78, 5) is 34.0. The van der Waals surface area contributed by atoms with Crippen molar-refractivity contribution in [1.82, 2.24) is 10.2 Å². The highest BCUT2D eigenvalue weighted by Gasteiger charge is 2.56. The molecule has 1 saturated heterocycles. The maximum Gasteiger partial charge on any atom is 0.353 e. The summed E-state index contributed by atoms with van der Waals surface area (Å²) >= 11 is 0. The number of terminal acetylenes is 1. The van der Waals surface area contributed by atoms with Gasteiger partial charge in [0, 0.05) is 5.57 Å². The third kappa shape index (κ3) is 1.52. The first-order valence-corrected chi connectivity index (χ1v) is 6.24. The van der Waals surface area contributed by atoms with Crippen LogP contribution in [-0.2, 0) is 25.2 Å². The number of carboxylic acid groups (broad SMARTS) is 1. The predicted molar refractivity (Wildman–Crippen MR) is 60.1 cm³/mol. The van der Waals surface area contributed by atoms with E-state index in [2.05, 4.69) is 11.2 Å². The summed E-state index contributed by atoms with van der Waals surface area (Å²) in [7, 11) is -1.53. The topological polar surface area (TPSA) is 104 Å². The van der Waals surface area contributed by atoms with Crippen molar-refractivity contribution in [3.63, 3.8) is 0 Å². The van der Waals surface area contributed by atoms with E-state index in [1.165, 1.54) is 0 Å². The second kappa shape index (κ2) is 4.27. The lowest BCUT2D eigenvalue weighted by Crippen LogP contribution is -2.72. The summed E-state index contributed by atoms with van der Waals surface area (Å²) in [5.41, 5.74) is -0.300. The van der Waals surface area contributed by atoms with Crippen molar-refractivity contribution in [2.75, 3.05) is 5.75 Å². The normalized spacial score (nSPS) is 30.1. The summed E-state index contributed by atoms with van der Waals surface area (Å²) in [6, 6.07) is -0.947. The van der Waals surface area contributed by atoms with Crippen molar-refractivity contribution >= 4 is 29.1 Å². The molecule has 2 aliphatic rings. The molecule has 2 amide bonds. The molecule has 2 heterocycles. The van der Waals surface area contributed by atoms with Crippen LogP contribution >= 0.6 is 0 Å². The van der Waals surface area contributed by atoms with Crippen molar-refractivity contribution in [2.24, 2.45) is 0 Å². The molecule has 2 unspecified atom stereocenters. The molecule has 0 aromatic rings. The third-order valence-electron chi connectivity index (χ3n) is 2.75. The van der Waals surface area contributed by atoms with Gasteiger partial charge in [0.1, 0.15) is 17.1 Å². The van der Waals surface area contributed by atoms with Gasteiger partial charge >= 0.3 is 5.97 Å². The van der Waals surface area contributed by atoms with Gasteiger partial charge in [-0.15, -0.1) is 6.42 Å². The van der Waals surface area contributed by atoms with Gasteiger partial charge < -0.3 is 10.4 Å². The predicted octanol–water partition coefficient (Wildman–Crippen LogP) is -2.00. The number of β-lactam (4-membered cyclic amide) rings is 1. The lowest BCUT2D eigenvalue weighted by molar-refractivity contribution is -0.150.